The number of benzene rings is 2. The fourth-order valence-corrected chi connectivity index (χ4v) is 3.50. The fraction of sp³-hybridized carbons (Fsp3) is 0.316. The number of halogens is 3. The lowest BCUT2D eigenvalue weighted by atomic mass is 9.86. The van der Waals surface area contributed by atoms with Gasteiger partial charge in [0, 0.05) is 46.4 Å². The van der Waals surface area contributed by atoms with Gasteiger partial charge in [-0.3, -0.25) is 0 Å². The molecule has 0 bridgehead atoms. The molecule has 2 unspecified atom stereocenters. The van der Waals surface area contributed by atoms with Gasteiger partial charge in [0.25, 0.3) is 0 Å². The van der Waals surface area contributed by atoms with E-state index in [-0.39, 0.29) is 11.3 Å². The van der Waals surface area contributed by atoms with Crippen LogP contribution in [0.25, 0.3) is 0 Å². The van der Waals surface area contributed by atoms with Gasteiger partial charge in [0.1, 0.15) is 17.4 Å². The molecule has 2 atom stereocenters. The van der Waals surface area contributed by atoms with Crippen molar-refractivity contribution >= 4 is 27.6 Å². The molecule has 1 heterocycles. The van der Waals surface area contributed by atoms with Crippen molar-refractivity contribution in [2.24, 2.45) is 0 Å². The predicted octanol–water partition coefficient (Wildman–Crippen LogP) is 4.00. The summed E-state index contributed by atoms with van der Waals surface area (Å²) in [6.45, 7) is 1.02. The Bertz CT molecular complexity index is 794. The van der Waals surface area contributed by atoms with Gasteiger partial charge >= 0.3 is 6.03 Å². The minimum absolute atomic E-state index is 0.0445. The van der Waals surface area contributed by atoms with E-state index in [1.165, 1.54) is 7.11 Å². The van der Waals surface area contributed by atoms with Gasteiger partial charge in [-0.15, -0.1) is 0 Å². The Labute approximate surface area is 164 Å². The molecule has 3 N–H and O–H groups in total. The lowest BCUT2D eigenvalue weighted by molar-refractivity contribution is 0.240. The van der Waals surface area contributed by atoms with Crippen molar-refractivity contribution in [2.45, 2.75) is 18.4 Å². The average molecular weight is 440 g/mol. The molecule has 0 radical (unpaired) electrons. The second-order valence-electron chi connectivity index (χ2n) is 6.32. The van der Waals surface area contributed by atoms with Gasteiger partial charge < -0.3 is 20.7 Å². The fourth-order valence-electron chi connectivity index (χ4n) is 3.24. The smallest absolute Gasteiger partial charge is 0.319 e. The summed E-state index contributed by atoms with van der Waals surface area (Å²) in [5, 5.41) is 8.72. The molecule has 1 aliphatic heterocycles. The maximum atomic E-state index is 14.5. The van der Waals surface area contributed by atoms with E-state index in [4.69, 9.17) is 4.74 Å². The minimum atomic E-state index is -0.680. The van der Waals surface area contributed by atoms with Crippen LogP contribution >= 0.6 is 15.9 Å². The molecule has 27 heavy (non-hydrogen) atoms. The Balaban J connectivity index is 1.76. The molecular formula is C19H20BrF2N3O2. The number of rotatable bonds is 4. The maximum Gasteiger partial charge on any atom is 0.319 e. The first kappa shape index (κ1) is 19.6. The van der Waals surface area contributed by atoms with Gasteiger partial charge in [0.15, 0.2) is 0 Å². The molecule has 0 aromatic heterocycles. The van der Waals surface area contributed by atoms with Crippen LogP contribution in [0.1, 0.15) is 17.9 Å². The van der Waals surface area contributed by atoms with Crippen LogP contribution in [0.5, 0.6) is 5.75 Å². The third-order valence-electron chi connectivity index (χ3n) is 4.56. The lowest BCUT2D eigenvalue weighted by Gasteiger charge is -2.33. The number of carbonyl (C=O) groups excluding carboxylic acids is 1. The van der Waals surface area contributed by atoms with Crippen LogP contribution in [0.15, 0.2) is 40.9 Å². The maximum absolute atomic E-state index is 14.5. The molecule has 144 valence electrons. The third-order valence-corrected chi connectivity index (χ3v) is 5.09. The molecule has 2 aromatic carbocycles. The average Bonchev–Trinajstić information content (AvgIpc) is 2.64. The van der Waals surface area contributed by atoms with Crippen LogP contribution in [0.4, 0.5) is 19.3 Å². The van der Waals surface area contributed by atoms with Crippen molar-refractivity contribution in [1.82, 2.24) is 10.6 Å². The van der Waals surface area contributed by atoms with E-state index in [2.05, 4.69) is 31.9 Å². The molecule has 1 fully saturated rings. The van der Waals surface area contributed by atoms with E-state index in [9.17, 15) is 13.6 Å². The molecule has 2 aromatic rings. The van der Waals surface area contributed by atoms with Crippen LogP contribution < -0.4 is 20.7 Å². The Hall–Kier alpha value is -2.19. The molecular weight excluding hydrogens is 420 g/mol. The summed E-state index contributed by atoms with van der Waals surface area (Å²) in [6, 6.07) is 8.63. The number of methoxy groups -OCH3 is 1. The van der Waals surface area contributed by atoms with Crippen LogP contribution in [-0.4, -0.2) is 32.3 Å². The van der Waals surface area contributed by atoms with Gasteiger partial charge in [-0.1, -0.05) is 15.9 Å². The zero-order valence-electron chi connectivity index (χ0n) is 14.7. The number of urea groups is 1. The molecule has 0 aliphatic carbocycles. The predicted molar refractivity (Wildman–Crippen MR) is 103 cm³/mol. The molecule has 2 amide bonds. The highest BCUT2D eigenvalue weighted by Crippen LogP contribution is 2.31. The van der Waals surface area contributed by atoms with Crippen LogP contribution in [-0.2, 0) is 0 Å². The molecule has 1 aliphatic rings. The Morgan fingerprint density at radius 1 is 1.22 bits per heavy atom. The van der Waals surface area contributed by atoms with Gasteiger partial charge in [-0.25, -0.2) is 13.6 Å². The second-order valence-corrected chi connectivity index (χ2v) is 7.23. The summed E-state index contributed by atoms with van der Waals surface area (Å²) >= 11 is 3.33. The first-order valence-corrected chi connectivity index (χ1v) is 9.34. The number of hydrogen-bond acceptors (Lipinski definition) is 3. The zero-order chi connectivity index (χ0) is 19.4. The lowest BCUT2D eigenvalue weighted by Crippen LogP contribution is -2.49. The van der Waals surface area contributed by atoms with Crippen molar-refractivity contribution in [3.8, 4) is 5.75 Å². The molecule has 8 heteroatoms. The van der Waals surface area contributed by atoms with Gasteiger partial charge in [0.2, 0.25) is 0 Å². The third kappa shape index (κ3) is 4.75. The van der Waals surface area contributed by atoms with Crippen molar-refractivity contribution in [3.05, 3.63) is 58.1 Å². The van der Waals surface area contributed by atoms with Crippen LogP contribution in [0.3, 0.4) is 0 Å². The molecule has 0 saturated carbocycles. The highest BCUT2D eigenvalue weighted by Gasteiger charge is 2.32. The highest BCUT2D eigenvalue weighted by atomic mass is 79.9. The highest BCUT2D eigenvalue weighted by molar-refractivity contribution is 9.10. The van der Waals surface area contributed by atoms with Crippen molar-refractivity contribution in [2.75, 3.05) is 25.5 Å². The monoisotopic (exact) mass is 439 g/mol. The van der Waals surface area contributed by atoms with E-state index in [1.54, 1.807) is 12.1 Å². The largest absolute Gasteiger partial charge is 0.497 e. The van der Waals surface area contributed by atoms with E-state index in [0.717, 1.165) is 16.6 Å². The van der Waals surface area contributed by atoms with Gasteiger partial charge in [0.05, 0.1) is 7.11 Å². The summed E-state index contributed by atoms with van der Waals surface area (Å²) in [4.78, 5) is 12.4. The van der Waals surface area contributed by atoms with Crippen molar-refractivity contribution in [1.29, 1.82) is 0 Å². The number of piperidine rings is 1. The zero-order valence-corrected chi connectivity index (χ0v) is 16.3. The minimum Gasteiger partial charge on any atom is -0.497 e. The number of nitrogens with one attached hydrogen (secondary N) is 3. The van der Waals surface area contributed by atoms with Gasteiger partial charge in [-0.2, -0.15) is 0 Å². The quantitative estimate of drug-likeness (QED) is 0.674. The SMILES string of the molecule is COc1cc(F)c(C2CNCCC2NC(=O)Nc2ccc(Br)cc2)c(F)c1. The van der Waals surface area contributed by atoms with Crippen molar-refractivity contribution in [3.63, 3.8) is 0 Å². The van der Waals surface area contributed by atoms with E-state index >= 15 is 0 Å². The normalized spacial score (nSPS) is 19.4. The summed E-state index contributed by atoms with van der Waals surface area (Å²) in [5.74, 6) is -1.77. The first-order valence-electron chi connectivity index (χ1n) is 8.54. The van der Waals surface area contributed by atoms with Crippen LogP contribution in [0.2, 0.25) is 0 Å². The first-order chi connectivity index (χ1) is 13.0. The Morgan fingerprint density at radius 3 is 2.52 bits per heavy atom. The number of anilines is 1. The number of amides is 2. The summed E-state index contributed by atoms with van der Waals surface area (Å²) < 4.78 is 34.8. The van der Waals surface area contributed by atoms with E-state index in [1.807, 2.05) is 12.1 Å². The van der Waals surface area contributed by atoms with Crippen LogP contribution in [0, 0.1) is 11.6 Å². The molecule has 0 spiro atoms. The Kier molecular flexibility index (Phi) is 6.28. The Morgan fingerprint density at radius 2 is 1.89 bits per heavy atom. The topological polar surface area (TPSA) is 62.4 Å². The van der Waals surface area contributed by atoms with E-state index in [0.29, 0.717) is 25.2 Å². The standard InChI is InChI=1S/C19H20BrF2N3O2/c1-27-13-8-15(21)18(16(22)9-13)14-10-23-7-6-17(14)25-19(26)24-12-4-2-11(20)3-5-12/h2-5,8-9,14,17,23H,6-7,10H2,1H3,(H2,24,25,26). The number of carbonyl (C=O) groups is 1. The number of ether oxygens (including phenoxy) is 1. The molecule has 3 rings (SSSR count). The summed E-state index contributed by atoms with van der Waals surface area (Å²) in [6.07, 6.45) is 0.559. The summed E-state index contributed by atoms with van der Waals surface area (Å²) in [5.41, 5.74) is 0.583. The molecule has 5 nitrogen and oxygen atoms in total. The molecule has 1 saturated heterocycles. The van der Waals surface area contributed by atoms with E-state index < -0.39 is 29.6 Å². The second kappa shape index (κ2) is 8.67. The number of hydrogen-bond donors (Lipinski definition) is 3. The van der Waals surface area contributed by atoms with Gasteiger partial charge in [-0.05, 0) is 37.2 Å². The van der Waals surface area contributed by atoms with Crippen molar-refractivity contribution < 1.29 is 18.3 Å². The summed E-state index contributed by atoms with van der Waals surface area (Å²) in [7, 11) is 1.35.